The molecular weight excluding hydrogens is 480 g/mol. The molecule has 0 bridgehead atoms. The van der Waals surface area contributed by atoms with Crippen LogP contribution in [0.4, 0.5) is 11.4 Å². The number of fused-ring (bicyclic) bond motifs is 1. The van der Waals surface area contributed by atoms with Gasteiger partial charge in [0.1, 0.15) is 5.69 Å². The molecule has 1 amide bonds. The Morgan fingerprint density at radius 3 is 2.83 bits per heavy atom. The van der Waals surface area contributed by atoms with Crippen LogP contribution >= 0.6 is 23.1 Å². The molecule has 0 saturated carbocycles. The Labute approximate surface area is 211 Å². The van der Waals surface area contributed by atoms with Crippen molar-refractivity contribution in [2.45, 2.75) is 17.7 Å². The van der Waals surface area contributed by atoms with E-state index in [2.05, 4.69) is 25.5 Å². The van der Waals surface area contributed by atoms with E-state index in [-0.39, 0.29) is 11.8 Å². The van der Waals surface area contributed by atoms with Crippen LogP contribution in [-0.4, -0.2) is 58.0 Å². The summed E-state index contributed by atoms with van der Waals surface area (Å²) in [6.07, 6.45) is 9.61. The summed E-state index contributed by atoms with van der Waals surface area (Å²) >= 11 is 2.94. The van der Waals surface area contributed by atoms with Crippen LogP contribution in [0.1, 0.15) is 23.3 Å². The third kappa shape index (κ3) is 4.05. The van der Waals surface area contributed by atoms with Crippen LogP contribution in [0.3, 0.4) is 0 Å². The van der Waals surface area contributed by atoms with E-state index in [1.807, 2.05) is 36.7 Å². The van der Waals surface area contributed by atoms with E-state index < -0.39 is 0 Å². The number of hydrogen-bond donors (Lipinski definition) is 3. The third-order valence-corrected chi connectivity index (χ3v) is 8.70. The SMILES string of the molecule is CSc1ccc2cn(-c3nc(C(=O)Nc4cnccc4N4CCC5(CC4)CNC5)cs3)c(O)c2c1. The average molecular weight is 507 g/mol. The van der Waals surface area contributed by atoms with Crippen LogP contribution in [0, 0.1) is 5.41 Å². The summed E-state index contributed by atoms with van der Waals surface area (Å²) in [5.41, 5.74) is 2.44. The fourth-order valence-corrected chi connectivity index (χ4v) is 6.14. The number of nitrogens with zero attached hydrogens (tertiary/aromatic N) is 4. The van der Waals surface area contributed by atoms with Crippen molar-refractivity contribution in [1.82, 2.24) is 19.9 Å². The number of carbonyl (C=O) groups is 1. The smallest absolute Gasteiger partial charge is 0.275 e. The van der Waals surface area contributed by atoms with Gasteiger partial charge in [-0.1, -0.05) is 6.07 Å². The van der Waals surface area contributed by atoms with Crippen molar-refractivity contribution >= 4 is 51.2 Å². The number of pyridine rings is 1. The Morgan fingerprint density at radius 1 is 1.26 bits per heavy atom. The third-order valence-electron chi connectivity index (χ3n) is 7.14. The first-order valence-electron chi connectivity index (χ1n) is 11.6. The van der Waals surface area contributed by atoms with E-state index in [1.54, 1.807) is 34.1 Å². The van der Waals surface area contributed by atoms with Crippen molar-refractivity contribution in [2.24, 2.45) is 5.41 Å². The van der Waals surface area contributed by atoms with Crippen molar-refractivity contribution in [3.8, 4) is 11.0 Å². The highest BCUT2D eigenvalue weighted by atomic mass is 32.2. The zero-order valence-corrected chi connectivity index (χ0v) is 21.0. The molecular formula is C25H26N6O2S2. The summed E-state index contributed by atoms with van der Waals surface area (Å²) < 4.78 is 1.63. The number of benzene rings is 1. The van der Waals surface area contributed by atoms with Gasteiger partial charge in [-0.3, -0.25) is 14.3 Å². The number of piperidine rings is 1. The monoisotopic (exact) mass is 506 g/mol. The summed E-state index contributed by atoms with van der Waals surface area (Å²) in [5.74, 6) is -0.171. The fraction of sp³-hybridized carbons (Fsp3) is 0.320. The van der Waals surface area contributed by atoms with E-state index in [0.29, 0.717) is 21.9 Å². The predicted molar refractivity (Wildman–Crippen MR) is 141 cm³/mol. The van der Waals surface area contributed by atoms with Gasteiger partial charge in [0.2, 0.25) is 5.88 Å². The first-order valence-corrected chi connectivity index (χ1v) is 13.7. The second kappa shape index (κ2) is 8.85. The van der Waals surface area contributed by atoms with Gasteiger partial charge in [0.05, 0.1) is 17.6 Å². The van der Waals surface area contributed by atoms with Crippen molar-refractivity contribution in [3.63, 3.8) is 0 Å². The number of amides is 1. The lowest BCUT2D eigenvalue weighted by Crippen LogP contribution is -2.58. The number of thiazole rings is 1. The molecule has 1 aromatic carbocycles. The van der Waals surface area contributed by atoms with Gasteiger partial charge >= 0.3 is 0 Å². The van der Waals surface area contributed by atoms with E-state index >= 15 is 0 Å². The molecule has 2 aliphatic rings. The van der Waals surface area contributed by atoms with Crippen molar-refractivity contribution in [2.75, 3.05) is 42.7 Å². The first kappa shape index (κ1) is 22.4. The Hall–Kier alpha value is -3.08. The van der Waals surface area contributed by atoms with Crippen LogP contribution in [0.5, 0.6) is 5.88 Å². The maximum atomic E-state index is 13.1. The van der Waals surface area contributed by atoms with Gasteiger partial charge < -0.3 is 20.6 Å². The Morgan fingerprint density at radius 2 is 2.09 bits per heavy atom. The van der Waals surface area contributed by atoms with E-state index in [4.69, 9.17) is 0 Å². The highest BCUT2D eigenvalue weighted by Crippen LogP contribution is 2.38. The molecule has 0 atom stereocenters. The molecule has 2 aliphatic heterocycles. The van der Waals surface area contributed by atoms with Crippen LogP contribution in [-0.2, 0) is 0 Å². The molecule has 0 radical (unpaired) electrons. The second-order valence-corrected chi connectivity index (χ2v) is 10.9. The molecule has 10 heteroatoms. The highest BCUT2D eigenvalue weighted by molar-refractivity contribution is 7.98. The Balaban J connectivity index is 1.21. The first-order chi connectivity index (χ1) is 17.0. The Bertz CT molecular complexity index is 1400. The molecule has 3 N–H and O–H groups in total. The maximum Gasteiger partial charge on any atom is 0.275 e. The van der Waals surface area contributed by atoms with Gasteiger partial charge in [0, 0.05) is 59.6 Å². The van der Waals surface area contributed by atoms with Crippen LogP contribution < -0.4 is 15.5 Å². The zero-order valence-electron chi connectivity index (χ0n) is 19.3. The van der Waals surface area contributed by atoms with E-state index in [0.717, 1.165) is 60.4 Å². The maximum absolute atomic E-state index is 13.1. The number of aromatic nitrogens is 3. The van der Waals surface area contributed by atoms with Crippen LogP contribution in [0.2, 0.25) is 0 Å². The quantitative estimate of drug-likeness (QED) is 0.346. The second-order valence-electron chi connectivity index (χ2n) is 9.23. The zero-order chi connectivity index (χ0) is 24.0. The summed E-state index contributed by atoms with van der Waals surface area (Å²) in [4.78, 5) is 25.3. The lowest BCUT2D eigenvalue weighted by Gasteiger charge is -2.49. The largest absolute Gasteiger partial charge is 0.494 e. The molecule has 6 rings (SSSR count). The van der Waals surface area contributed by atoms with Gasteiger partial charge in [-0.25, -0.2) is 4.98 Å². The fourth-order valence-electron chi connectivity index (χ4n) is 4.92. The predicted octanol–water partition coefficient (Wildman–Crippen LogP) is 4.35. The van der Waals surface area contributed by atoms with Gasteiger partial charge in [-0.05, 0) is 42.7 Å². The lowest BCUT2D eigenvalue weighted by molar-refractivity contribution is 0.102. The molecule has 5 heterocycles. The minimum Gasteiger partial charge on any atom is -0.494 e. The molecule has 1 spiro atoms. The molecule has 0 aliphatic carbocycles. The molecule has 8 nitrogen and oxygen atoms in total. The van der Waals surface area contributed by atoms with E-state index in [9.17, 15) is 9.90 Å². The summed E-state index contributed by atoms with van der Waals surface area (Å²) in [6.45, 7) is 4.15. The van der Waals surface area contributed by atoms with Gasteiger partial charge in [-0.2, -0.15) is 0 Å². The lowest BCUT2D eigenvalue weighted by atomic mass is 9.73. The van der Waals surface area contributed by atoms with Crippen molar-refractivity contribution in [3.05, 3.63) is 53.9 Å². The number of aromatic hydroxyl groups is 1. The molecule has 35 heavy (non-hydrogen) atoms. The summed E-state index contributed by atoms with van der Waals surface area (Å²) in [6, 6.07) is 7.92. The topological polar surface area (TPSA) is 95.3 Å². The molecule has 2 saturated heterocycles. The van der Waals surface area contributed by atoms with Crippen LogP contribution in [0.25, 0.3) is 15.9 Å². The molecule has 2 fully saturated rings. The van der Waals surface area contributed by atoms with Crippen molar-refractivity contribution < 1.29 is 9.90 Å². The Kier molecular flexibility index (Phi) is 5.66. The van der Waals surface area contributed by atoms with Gasteiger partial charge in [0.15, 0.2) is 5.13 Å². The van der Waals surface area contributed by atoms with E-state index in [1.165, 1.54) is 11.3 Å². The molecule has 3 aromatic heterocycles. The number of carbonyl (C=O) groups excluding carboxylic acids is 1. The molecule has 180 valence electrons. The van der Waals surface area contributed by atoms with Crippen molar-refractivity contribution in [1.29, 1.82) is 0 Å². The van der Waals surface area contributed by atoms with Crippen LogP contribution in [0.15, 0.2) is 53.1 Å². The number of hydrogen-bond acceptors (Lipinski definition) is 8. The number of nitrogens with one attached hydrogen (secondary N) is 2. The average Bonchev–Trinajstić information content (AvgIpc) is 3.48. The van der Waals surface area contributed by atoms with Gasteiger partial charge in [-0.15, -0.1) is 23.1 Å². The summed E-state index contributed by atoms with van der Waals surface area (Å²) in [7, 11) is 0. The highest BCUT2D eigenvalue weighted by Gasteiger charge is 2.39. The number of anilines is 2. The van der Waals surface area contributed by atoms with Gasteiger partial charge in [0.25, 0.3) is 5.91 Å². The molecule has 4 aromatic rings. The number of thioether (sulfide) groups is 1. The molecule has 0 unspecified atom stereocenters. The summed E-state index contributed by atoms with van der Waals surface area (Å²) in [5, 5.41) is 21.1. The number of rotatable bonds is 5. The minimum absolute atomic E-state index is 0.122. The minimum atomic E-state index is -0.292. The normalized spacial score (nSPS) is 17.0. The standard InChI is InChI=1S/C25H26N6O2S2/c1-34-17-3-2-16-12-31(23(33)18(16)10-17)24-29-20(13-35-24)22(32)28-19-11-26-7-4-21(19)30-8-5-25(6-9-30)14-27-15-25/h2-4,7,10-13,27,33H,5-6,8-9,14-15H2,1H3,(H,28,32).